The maximum atomic E-state index is 10.2. The molecule has 0 radical (unpaired) electrons. The maximum Gasteiger partial charge on any atom is 0.183 e. The van der Waals surface area contributed by atoms with Crippen molar-refractivity contribution < 1.29 is 13.0 Å². The van der Waals surface area contributed by atoms with Crippen molar-refractivity contribution in [2.45, 2.75) is 6.92 Å². The molecule has 5 nitrogen and oxygen atoms in total. The van der Waals surface area contributed by atoms with Gasteiger partial charge in [-0.25, -0.2) is 13.4 Å². The molecule has 1 heterocycles. The van der Waals surface area contributed by atoms with E-state index >= 15 is 0 Å². The fraction of sp³-hybridized carbons (Fsp3) is 0.167. The monoisotopic (exact) mass is 187 g/mol. The van der Waals surface area contributed by atoms with Gasteiger partial charge in [0.05, 0.1) is 0 Å². The van der Waals surface area contributed by atoms with E-state index in [-0.39, 0.29) is 5.82 Å². The average Bonchev–Trinajstić information content (AvgIpc) is 1.91. The number of aryl methyl sites for hydroxylation is 1. The van der Waals surface area contributed by atoms with Crippen LogP contribution in [0.25, 0.3) is 0 Å². The van der Waals surface area contributed by atoms with E-state index < -0.39 is 10.3 Å². The van der Waals surface area contributed by atoms with Gasteiger partial charge in [-0.2, -0.15) is 0 Å². The Kier molecular flexibility index (Phi) is 2.30. The van der Waals surface area contributed by atoms with Crippen LogP contribution in [0.3, 0.4) is 0 Å². The van der Waals surface area contributed by atoms with Crippen LogP contribution in [0, 0.1) is 6.92 Å². The van der Waals surface area contributed by atoms with Gasteiger partial charge in [0.1, 0.15) is 5.82 Å². The second kappa shape index (κ2) is 3.08. The Morgan fingerprint density at radius 3 is 2.75 bits per heavy atom. The lowest BCUT2D eigenvalue weighted by molar-refractivity contribution is 0.469. The van der Waals surface area contributed by atoms with Gasteiger partial charge in [0.25, 0.3) is 0 Å². The molecule has 0 aliphatic carbocycles. The molecule has 0 spiro atoms. The Bertz CT molecular complexity index is 374. The van der Waals surface area contributed by atoms with Crippen molar-refractivity contribution in [1.82, 2.24) is 4.98 Å². The van der Waals surface area contributed by atoms with Gasteiger partial charge in [-0.05, 0) is 18.6 Å². The third-order valence-corrected chi connectivity index (χ3v) is 1.67. The van der Waals surface area contributed by atoms with Gasteiger partial charge < -0.3 is 4.55 Å². The minimum Gasteiger partial charge on any atom is -0.731 e. The number of anilines is 1. The number of nitrogens with zero attached hydrogens (tertiary/aromatic N) is 1. The van der Waals surface area contributed by atoms with Crippen molar-refractivity contribution in [3.05, 3.63) is 23.9 Å². The van der Waals surface area contributed by atoms with Gasteiger partial charge in [0, 0.05) is 6.20 Å². The maximum absolute atomic E-state index is 10.2. The number of hydrogen-bond donors (Lipinski definition) is 1. The van der Waals surface area contributed by atoms with Crippen LogP contribution in [0.15, 0.2) is 18.3 Å². The molecule has 0 aliphatic rings. The summed E-state index contributed by atoms with van der Waals surface area (Å²) in [5, 5.41) is 0. The van der Waals surface area contributed by atoms with Crippen LogP contribution in [0.2, 0.25) is 0 Å². The number of hydrogen-bond acceptors (Lipinski definition) is 4. The fourth-order valence-corrected chi connectivity index (χ4v) is 1.16. The molecule has 0 amide bonds. The van der Waals surface area contributed by atoms with Crippen molar-refractivity contribution in [3.8, 4) is 0 Å². The zero-order valence-corrected chi connectivity index (χ0v) is 7.13. The van der Waals surface area contributed by atoms with E-state index in [0.717, 1.165) is 0 Å². The van der Waals surface area contributed by atoms with Crippen molar-refractivity contribution in [2.75, 3.05) is 4.72 Å². The molecule has 0 saturated heterocycles. The summed E-state index contributed by atoms with van der Waals surface area (Å²) in [6.45, 7) is 1.65. The van der Waals surface area contributed by atoms with Gasteiger partial charge >= 0.3 is 0 Å². The summed E-state index contributed by atoms with van der Waals surface area (Å²) in [6, 6.07) is 3.30. The lowest BCUT2D eigenvalue weighted by Crippen LogP contribution is -2.12. The van der Waals surface area contributed by atoms with E-state index in [1.165, 1.54) is 6.20 Å². The van der Waals surface area contributed by atoms with E-state index in [1.54, 1.807) is 23.8 Å². The van der Waals surface area contributed by atoms with E-state index in [4.69, 9.17) is 0 Å². The summed E-state index contributed by atoms with van der Waals surface area (Å²) >= 11 is 0. The first kappa shape index (κ1) is 8.95. The molecule has 1 N–H and O–H groups in total. The van der Waals surface area contributed by atoms with Crippen LogP contribution in [0.1, 0.15) is 5.56 Å². The first-order valence-electron chi connectivity index (χ1n) is 3.14. The Morgan fingerprint density at radius 2 is 2.25 bits per heavy atom. The third-order valence-electron chi connectivity index (χ3n) is 1.23. The summed E-state index contributed by atoms with van der Waals surface area (Å²) in [5.41, 5.74) is 0.608. The van der Waals surface area contributed by atoms with Crippen LogP contribution in [0.4, 0.5) is 5.82 Å². The molecule has 6 heteroatoms. The van der Waals surface area contributed by atoms with Gasteiger partial charge in [0.15, 0.2) is 10.3 Å². The topological polar surface area (TPSA) is 82.1 Å². The van der Waals surface area contributed by atoms with Crippen molar-refractivity contribution in [3.63, 3.8) is 0 Å². The van der Waals surface area contributed by atoms with Gasteiger partial charge in [-0.1, -0.05) is 6.07 Å². The highest BCUT2D eigenvalue weighted by atomic mass is 32.2. The SMILES string of the molecule is Cc1cccnc1NS(=O)(=O)[O-]. The predicted octanol–water partition coefficient (Wildman–Crippen LogP) is 0.262. The molecule has 1 aromatic heterocycles. The second-order valence-corrected chi connectivity index (χ2v) is 3.34. The van der Waals surface area contributed by atoms with E-state index in [9.17, 15) is 13.0 Å². The zero-order valence-electron chi connectivity index (χ0n) is 6.31. The molecule has 12 heavy (non-hydrogen) atoms. The molecule has 1 aromatic rings. The van der Waals surface area contributed by atoms with Crippen molar-refractivity contribution in [2.24, 2.45) is 0 Å². The summed E-state index contributed by atoms with van der Waals surface area (Å²) in [4.78, 5) is 3.67. The van der Waals surface area contributed by atoms with E-state index in [2.05, 4.69) is 4.98 Å². The number of aromatic nitrogens is 1. The summed E-state index contributed by atoms with van der Waals surface area (Å²) in [6.07, 6.45) is 1.40. The molecular formula is C6H7N2O3S-. The number of pyridine rings is 1. The predicted molar refractivity (Wildman–Crippen MR) is 42.3 cm³/mol. The highest BCUT2D eigenvalue weighted by Crippen LogP contribution is 2.09. The van der Waals surface area contributed by atoms with E-state index in [0.29, 0.717) is 5.56 Å². The highest BCUT2D eigenvalue weighted by molar-refractivity contribution is 7.87. The third kappa shape index (κ3) is 2.48. The van der Waals surface area contributed by atoms with Crippen molar-refractivity contribution >= 4 is 16.1 Å². The molecule has 1 rings (SSSR count). The highest BCUT2D eigenvalue weighted by Gasteiger charge is 1.99. The molecular weight excluding hydrogens is 180 g/mol. The number of nitrogens with one attached hydrogen (secondary N) is 1. The Hall–Kier alpha value is -1.14. The molecule has 0 saturated carbocycles. The van der Waals surface area contributed by atoms with E-state index in [1.807, 2.05) is 0 Å². The number of rotatable bonds is 2. The smallest absolute Gasteiger partial charge is 0.183 e. The quantitative estimate of drug-likeness (QED) is 0.673. The molecule has 0 bridgehead atoms. The molecule has 0 unspecified atom stereocenters. The molecule has 0 aliphatic heterocycles. The largest absolute Gasteiger partial charge is 0.731 e. The standard InChI is InChI=1S/C6H8N2O3S/c1-5-3-2-4-7-6(5)8-12(9,10)11/h2-4H,1H3,(H,7,8)(H,9,10,11)/p-1. The summed E-state index contributed by atoms with van der Waals surface area (Å²) < 4.78 is 32.5. The van der Waals surface area contributed by atoms with Gasteiger partial charge in [-0.15, -0.1) is 0 Å². The van der Waals surface area contributed by atoms with Crippen LogP contribution in [-0.2, 0) is 10.3 Å². The Labute approximate surface area is 70.3 Å². The first-order valence-corrected chi connectivity index (χ1v) is 4.55. The Morgan fingerprint density at radius 1 is 1.58 bits per heavy atom. The molecule has 66 valence electrons. The fourth-order valence-electron chi connectivity index (χ4n) is 0.711. The van der Waals surface area contributed by atoms with Crippen LogP contribution in [-0.4, -0.2) is 18.0 Å². The first-order chi connectivity index (χ1) is 5.49. The summed E-state index contributed by atoms with van der Waals surface area (Å²) in [5.74, 6) is 0.0764. The zero-order chi connectivity index (χ0) is 9.19. The normalized spacial score (nSPS) is 11.2. The minimum atomic E-state index is -4.46. The minimum absolute atomic E-state index is 0.0764. The molecule has 0 fully saturated rings. The van der Waals surface area contributed by atoms with Gasteiger partial charge in [0.2, 0.25) is 0 Å². The molecule has 0 atom stereocenters. The van der Waals surface area contributed by atoms with Crippen LogP contribution >= 0.6 is 0 Å². The lowest BCUT2D eigenvalue weighted by atomic mass is 10.3. The van der Waals surface area contributed by atoms with Gasteiger partial charge in [-0.3, -0.25) is 4.72 Å². The molecule has 0 aromatic carbocycles. The van der Waals surface area contributed by atoms with Crippen LogP contribution in [0.5, 0.6) is 0 Å². The second-order valence-electron chi connectivity index (χ2n) is 2.23. The average molecular weight is 187 g/mol. The Balaban J connectivity index is 2.98. The van der Waals surface area contributed by atoms with Crippen molar-refractivity contribution in [1.29, 1.82) is 0 Å². The summed E-state index contributed by atoms with van der Waals surface area (Å²) in [7, 11) is -4.46. The lowest BCUT2D eigenvalue weighted by Gasteiger charge is -2.10. The van der Waals surface area contributed by atoms with Crippen LogP contribution < -0.4 is 4.72 Å².